The van der Waals surface area contributed by atoms with Gasteiger partial charge in [-0.15, -0.1) is 0 Å². The molecule has 0 saturated heterocycles. The molecule has 0 aromatic carbocycles. The predicted molar refractivity (Wildman–Crippen MR) is 61.2 cm³/mol. The summed E-state index contributed by atoms with van der Waals surface area (Å²) in [7, 11) is 0. The second-order valence-electron chi connectivity index (χ2n) is 3.30. The number of nitrogens with one attached hydrogen (secondary N) is 2. The van der Waals surface area contributed by atoms with Crippen LogP contribution in [-0.4, -0.2) is 15.9 Å². The zero-order valence-corrected chi connectivity index (χ0v) is 9.10. The molecule has 2 rings (SSSR count). The molecule has 0 atom stereocenters. The lowest BCUT2D eigenvalue weighted by Crippen LogP contribution is -2.16. The van der Waals surface area contributed by atoms with E-state index in [0.29, 0.717) is 11.5 Å². The second kappa shape index (κ2) is 4.62. The molecule has 0 aliphatic heterocycles. The smallest absolute Gasteiger partial charge is 0.301 e. The number of nitrogens with two attached hydrogens (primary N) is 1. The summed E-state index contributed by atoms with van der Waals surface area (Å²) >= 11 is 0. The summed E-state index contributed by atoms with van der Waals surface area (Å²) in [6.07, 6.45) is 1.45. The van der Waals surface area contributed by atoms with E-state index in [9.17, 15) is 4.79 Å². The Balaban J connectivity index is 2.14. The first kappa shape index (κ1) is 11.1. The van der Waals surface area contributed by atoms with Gasteiger partial charge in [-0.2, -0.15) is 4.98 Å². The van der Waals surface area contributed by atoms with Crippen molar-refractivity contribution in [3.05, 3.63) is 35.9 Å². The number of rotatable bonds is 3. The molecule has 0 spiro atoms. The highest BCUT2D eigenvalue weighted by Crippen LogP contribution is 2.09. The minimum absolute atomic E-state index is 0.139. The maximum absolute atomic E-state index is 11.7. The number of aryl methyl sites for hydroxylation is 1. The van der Waals surface area contributed by atoms with Gasteiger partial charge in [0, 0.05) is 0 Å². The number of hydrogen-bond donors (Lipinski definition) is 3. The summed E-state index contributed by atoms with van der Waals surface area (Å²) in [5.74, 6) is 5.19. The van der Waals surface area contributed by atoms with Crippen molar-refractivity contribution in [1.82, 2.24) is 9.97 Å². The number of nitrogens with zero attached hydrogens (tertiary/aromatic N) is 2. The van der Waals surface area contributed by atoms with Crippen LogP contribution >= 0.6 is 0 Å². The van der Waals surface area contributed by atoms with Gasteiger partial charge in [0.25, 0.3) is 5.91 Å². The molecule has 0 aliphatic rings. The van der Waals surface area contributed by atoms with E-state index >= 15 is 0 Å². The Morgan fingerprint density at radius 2 is 2.24 bits per heavy atom. The van der Waals surface area contributed by atoms with E-state index in [-0.39, 0.29) is 11.7 Å². The number of oxazole rings is 1. The third-order valence-electron chi connectivity index (χ3n) is 1.97. The van der Waals surface area contributed by atoms with Gasteiger partial charge in [-0.3, -0.25) is 10.1 Å². The maximum Gasteiger partial charge on any atom is 0.301 e. The van der Waals surface area contributed by atoms with Crippen molar-refractivity contribution in [3.63, 3.8) is 0 Å². The Morgan fingerprint density at radius 1 is 1.41 bits per heavy atom. The van der Waals surface area contributed by atoms with Gasteiger partial charge in [0.05, 0.1) is 5.69 Å². The summed E-state index contributed by atoms with van der Waals surface area (Å²) in [5, 5.41) is 2.48. The molecule has 7 nitrogen and oxygen atoms in total. The zero-order valence-electron chi connectivity index (χ0n) is 9.10. The van der Waals surface area contributed by atoms with E-state index in [1.807, 2.05) is 0 Å². The van der Waals surface area contributed by atoms with Crippen LogP contribution in [0.4, 0.5) is 11.8 Å². The highest BCUT2D eigenvalue weighted by molar-refractivity contribution is 6.01. The summed E-state index contributed by atoms with van der Waals surface area (Å²) < 4.78 is 5.00. The van der Waals surface area contributed by atoms with Crippen LogP contribution in [-0.2, 0) is 0 Å². The largest absolute Gasteiger partial charge is 0.432 e. The van der Waals surface area contributed by atoms with Crippen LogP contribution in [0.2, 0.25) is 0 Å². The summed E-state index contributed by atoms with van der Waals surface area (Å²) in [4.78, 5) is 19.7. The highest BCUT2D eigenvalue weighted by atomic mass is 16.4. The highest BCUT2D eigenvalue weighted by Gasteiger charge is 2.11. The molecule has 2 aromatic heterocycles. The molecular weight excluding hydrogens is 222 g/mol. The maximum atomic E-state index is 11.7. The molecule has 17 heavy (non-hydrogen) atoms. The lowest BCUT2D eigenvalue weighted by molar-refractivity contribution is 0.101. The van der Waals surface area contributed by atoms with Crippen molar-refractivity contribution in [1.29, 1.82) is 0 Å². The number of hydrazine groups is 1. The van der Waals surface area contributed by atoms with Gasteiger partial charge in [0.2, 0.25) is 0 Å². The van der Waals surface area contributed by atoms with Crippen LogP contribution in [0.5, 0.6) is 0 Å². The van der Waals surface area contributed by atoms with Crippen LogP contribution < -0.4 is 16.6 Å². The fraction of sp³-hybridized carbons (Fsp3) is 0.100. The average molecular weight is 233 g/mol. The molecule has 0 unspecified atom stereocenters. The molecule has 0 aliphatic carbocycles. The van der Waals surface area contributed by atoms with E-state index in [1.54, 1.807) is 25.1 Å². The first-order valence-electron chi connectivity index (χ1n) is 4.86. The Kier molecular flexibility index (Phi) is 3.01. The normalized spacial score (nSPS) is 10.0. The number of pyridine rings is 1. The van der Waals surface area contributed by atoms with Gasteiger partial charge in [0.1, 0.15) is 17.8 Å². The van der Waals surface area contributed by atoms with Crippen LogP contribution in [0.25, 0.3) is 0 Å². The molecule has 88 valence electrons. The summed E-state index contributed by atoms with van der Waals surface area (Å²) in [6.45, 7) is 1.76. The molecule has 1 amide bonds. The van der Waals surface area contributed by atoms with Gasteiger partial charge in [-0.05, 0) is 19.1 Å². The van der Waals surface area contributed by atoms with Crippen LogP contribution in [0.1, 0.15) is 16.2 Å². The number of aromatic nitrogens is 2. The second-order valence-corrected chi connectivity index (χ2v) is 3.30. The van der Waals surface area contributed by atoms with Crippen LogP contribution in [0.3, 0.4) is 0 Å². The predicted octanol–water partition coefficient (Wildman–Crippen LogP) is 0.916. The monoisotopic (exact) mass is 233 g/mol. The third kappa shape index (κ3) is 2.58. The summed E-state index contributed by atoms with van der Waals surface area (Å²) in [6, 6.07) is 5.01. The molecule has 2 aromatic rings. The quantitative estimate of drug-likeness (QED) is 0.537. The van der Waals surface area contributed by atoms with E-state index in [2.05, 4.69) is 20.7 Å². The molecule has 7 heteroatoms. The topological polar surface area (TPSA) is 106 Å². The van der Waals surface area contributed by atoms with Crippen LogP contribution in [0.15, 0.2) is 28.9 Å². The Bertz CT molecular complexity index is 537. The molecule has 0 bridgehead atoms. The van der Waals surface area contributed by atoms with Crippen molar-refractivity contribution in [2.24, 2.45) is 5.84 Å². The van der Waals surface area contributed by atoms with E-state index in [4.69, 9.17) is 10.3 Å². The average Bonchev–Trinajstić information content (AvgIpc) is 2.75. The lowest BCUT2D eigenvalue weighted by atomic mass is 10.3. The number of hydrogen-bond acceptors (Lipinski definition) is 6. The SMILES string of the molecule is Cc1coc(NC(=O)c2cccc(NN)n2)n1. The molecule has 0 saturated carbocycles. The summed E-state index contributed by atoms with van der Waals surface area (Å²) in [5.41, 5.74) is 3.26. The van der Waals surface area contributed by atoms with Crippen molar-refractivity contribution in [3.8, 4) is 0 Å². The number of carbonyl (C=O) groups excluding carboxylic acids is 1. The fourth-order valence-electron chi connectivity index (χ4n) is 1.21. The molecular formula is C10H11N5O2. The molecule has 0 radical (unpaired) electrons. The number of carbonyl (C=O) groups is 1. The van der Waals surface area contributed by atoms with E-state index in [0.717, 1.165) is 0 Å². The van der Waals surface area contributed by atoms with Crippen molar-refractivity contribution >= 4 is 17.7 Å². The number of anilines is 2. The number of nitrogen functional groups attached to an aromatic ring is 1. The lowest BCUT2D eigenvalue weighted by Gasteiger charge is -2.02. The third-order valence-corrected chi connectivity index (χ3v) is 1.97. The van der Waals surface area contributed by atoms with Gasteiger partial charge in [-0.25, -0.2) is 10.8 Å². The standard InChI is InChI=1S/C10H11N5O2/c1-6-5-17-10(12-6)14-9(16)7-3-2-4-8(13-7)15-11/h2-5H,11H2,1H3,(H,13,15)(H,12,14,16). The van der Waals surface area contributed by atoms with Crippen LogP contribution in [0, 0.1) is 6.92 Å². The Morgan fingerprint density at radius 3 is 2.88 bits per heavy atom. The van der Waals surface area contributed by atoms with Gasteiger partial charge in [0.15, 0.2) is 0 Å². The van der Waals surface area contributed by atoms with Crippen molar-refractivity contribution in [2.75, 3.05) is 10.7 Å². The van der Waals surface area contributed by atoms with Crippen molar-refractivity contribution < 1.29 is 9.21 Å². The molecule has 0 fully saturated rings. The molecule has 2 heterocycles. The number of amides is 1. The van der Waals surface area contributed by atoms with E-state index < -0.39 is 5.91 Å². The van der Waals surface area contributed by atoms with Gasteiger partial charge in [-0.1, -0.05) is 6.07 Å². The fourth-order valence-corrected chi connectivity index (χ4v) is 1.21. The Hall–Kier alpha value is -2.41. The molecule has 4 N–H and O–H groups in total. The van der Waals surface area contributed by atoms with E-state index in [1.165, 1.54) is 6.26 Å². The zero-order chi connectivity index (χ0) is 12.3. The first-order valence-corrected chi connectivity index (χ1v) is 4.86. The Labute approximate surface area is 97.0 Å². The van der Waals surface area contributed by atoms with Crippen molar-refractivity contribution in [2.45, 2.75) is 6.92 Å². The van der Waals surface area contributed by atoms with Gasteiger partial charge >= 0.3 is 6.01 Å². The van der Waals surface area contributed by atoms with Gasteiger partial charge < -0.3 is 9.84 Å². The first-order chi connectivity index (χ1) is 8.19. The minimum atomic E-state index is -0.413. The minimum Gasteiger partial charge on any atom is -0.432 e.